The van der Waals surface area contributed by atoms with Crippen LogP contribution < -0.4 is 5.32 Å². The summed E-state index contributed by atoms with van der Waals surface area (Å²) in [7, 11) is 1.89. The van der Waals surface area contributed by atoms with Gasteiger partial charge in [-0.2, -0.15) is 0 Å². The van der Waals surface area contributed by atoms with Gasteiger partial charge in [0.05, 0.1) is 6.54 Å². The zero-order chi connectivity index (χ0) is 18.3. The van der Waals surface area contributed by atoms with E-state index in [2.05, 4.69) is 15.2 Å². The van der Waals surface area contributed by atoms with Crippen molar-refractivity contribution in [3.05, 3.63) is 48.3 Å². The highest BCUT2D eigenvalue weighted by Crippen LogP contribution is 2.44. The van der Waals surface area contributed by atoms with Gasteiger partial charge in [0.15, 0.2) is 0 Å². The SMILES string of the molecule is Cn1ccnc1C1(O)C[C@@H]2CC[C@@H](C1)N2CC(=O)Nc1cccc(F)c1. The first-order chi connectivity index (χ1) is 12.4. The summed E-state index contributed by atoms with van der Waals surface area (Å²) in [4.78, 5) is 18.9. The van der Waals surface area contributed by atoms with E-state index in [1.54, 1.807) is 18.3 Å². The first-order valence-corrected chi connectivity index (χ1v) is 8.96. The largest absolute Gasteiger partial charge is 0.382 e. The summed E-state index contributed by atoms with van der Waals surface area (Å²) in [6.45, 7) is 0.252. The molecule has 0 aliphatic carbocycles. The lowest BCUT2D eigenvalue weighted by Gasteiger charge is -2.43. The minimum atomic E-state index is -0.945. The first-order valence-electron chi connectivity index (χ1n) is 8.96. The molecule has 3 heterocycles. The van der Waals surface area contributed by atoms with Crippen LogP contribution >= 0.6 is 0 Å². The normalized spacial score (nSPS) is 28.3. The molecule has 2 aromatic rings. The number of aromatic nitrogens is 2. The van der Waals surface area contributed by atoms with Crippen LogP contribution in [0.5, 0.6) is 0 Å². The molecule has 0 spiro atoms. The zero-order valence-corrected chi connectivity index (χ0v) is 14.7. The molecule has 26 heavy (non-hydrogen) atoms. The second-order valence-corrected chi connectivity index (χ2v) is 7.42. The molecule has 1 aromatic carbocycles. The van der Waals surface area contributed by atoms with Crippen LogP contribution in [0.2, 0.25) is 0 Å². The number of benzene rings is 1. The summed E-state index contributed by atoms with van der Waals surface area (Å²) < 4.78 is 15.1. The van der Waals surface area contributed by atoms with Crippen molar-refractivity contribution in [3.8, 4) is 0 Å². The van der Waals surface area contributed by atoms with Gasteiger partial charge in [0.2, 0.25) is 5.91 Å². The number of piperidine rings is 1. The Morgan fingerprint density at radius 1 is 1.38 bits per heavy atom. The highest BCUT2D eigenvalue weighted by atomic mass is 19.1. The third-order valence-electron chi connectivity index (χ3n) is 5.59. The third-order valence-corrected chi connectivity index (χ3v) is 5.59. The number of carbonyl (C=O) groups is 1. The maximum absolute atomic E-state index is 13.3. The molecule has 138 valence electrons. The van der Waals surface area contributed by atoms with Crippen molar-refractivity contribution < 1.29 is 14.3 Å². The molecule has 0 unspecified atom stereocenters. The predicted molar refractivity (Wildman–Crippen MR) is 94.9 cm³/mol. The monoisotopic (exact) mass is 358 g/mol. The summed E-state index contributed by atoms with van der Waals surface area (Å²) >= 11 is 0. The average molecular weight is 358 g/mol. The Bertz CT molecular complexity index is 807. The van der Waals surface area contributed by atoms with E-state index in [4.69, 9.17) is 0 Å². The lowest BCUT2D eigenvalue weighted by molar-refractivity contribution is -0.121. The van der Waals surface area contributed by atoms with Gasteiger partial charge in [-0.05, 0) is 43.9 Å². The van der Waals surface area contributed by atoms with Gasteiger partial charge in [-0.25, -0.2) is 9.37 Å². The molecule has 2 bridgehead atoms. The standard InChI is InChI=1S/C19H23FN4O2/c1-23-8-7-21-18(23)19(26)10-15-5-6-16(11-19)24(15)12-17(25)22-14-4-2-3-13(20)9-14/h2-4,7-9,15-16,26H,5-6,10-12H2,1H3,(H,22,25)/t15-,16-/m0/s1. The minimum absolute atomic E-state index is 0.147. The molecule has 2 saturated heterocycles. The van der Waals surface area contributed by atoms with Crippen molar-refractivity contribution >= 4 is 11.6 Å². The highest BCUT2D eigenvalue weighted by Gasteiger charge is 2.50. The molecule has 0 radical (unpaired) electrons. The number of amides is 1. The third kappa shape index (κ3) is 3.12. The maximum atomic E-state index is 13.3. The Labute approximate surface area is 151 Å². The van der Waals surface area contributed by atoms with Crippen LogP contribution in [0.1, 0.15) is 31.5 Å². The summed E-state index contributed by atoms with van der Waals surface area (Å²) in [5.74, 6) is 0.161. The zero-order valence-electron chi connectivity index (χ0n) is 14.7. The topological polar surface area (TPSA) is 70.4 Å². The van der Waals surface area contributed by atoms with Crippen molar-refractivity contribution in [3.63, 3.8) is 0 Å². The lowest BCUT2D eigenvalue weighted by atomic mass is 9.85. The Hall–Kier alpha value is -2.25. The number of hydrogen-bond donors (Lipinski definition) is 2. The van der Waals surface area contributed by atoms with Crippen LogP contribution in [-0.2, 0) is 17.4 Å². The molecule has 0 saturated carbocycles. The number of rotatable bonds is 4. The van der Waals surface area contributed by atoms with Crippen molar-refractivity contribution in [1.82, 2.24) is 14.5 Å². The molecule has 2 fully saturated rings. The van der Waals surface area contributed by atoms with Crippen LogP contribution in [0.3, 0.4) is 0 Å². The van der Waals surface area contributed by atoms with Crippen molar-refractivity contribution in [2.24, 2.45) is 7.05 Å². The van der Waals surface area contributed by atoms with Gasteiger partial charge in [-0.15, -0.1) is 0 Å². The summed E-state index contributed by atoms with van der Waals surface area (Å²) in [5, 5.41) is 13.9. The summed E-state index contributed by atoms with van der Waals surface area (Å²) in [6.07, 6.45) is 6.61. The smallest absolute Gasteiger partial charge is 0.238 e. The molecule has 7 heteroatoms. The Morgan fingerprint density at radius 3 is 2.73 bits per heavy atom. The number of fused-ring (bicyclic) bond motifs is 2. The molecule has 1 aromatic heterocycles. The average Bonchev–Trinajstić information content (AvgIpc) is 3.10. The molecular weight excluding hydrogens is 335 g/mol. The van der Waals surface area contributed by atoms with E-state index in [9.17, 15) is 14.3 Å². The fraction of sp³-hybridized carbons (Fsp3) is 0.474. The number of anilines is 1. The quantitative estimate of drug-likeness (QED) is 0.877. The second-order valence-electron chi connectivity index (χ2n) is 7.42. The van der Waals surface area contributed by atoms with E-state index in [1.807, 2.05) is 17.8 Å². The van der Waals surface area contributed by atoms with Gasteiger partial charge in [0, 0.05) is 37.2 Å². The number of nitrogens with one attached hydrogen (secondary N) is 1. The fourth-order valence-electron chi connectivity index (χ4n) is 4.50. The maximum Gasteiger partial charge on any atom is 0.238 e. The minimum Gasteiger partial charge on any atom is -0.382 e. The van der Waals surface area contributed by atoms with Crippen LogP contribution in [0.4, 0.5) is 10.1 Å². The van der Waals surface area contributed by atoms with E-state index in [0.29, 0.717) is 24.4 Å². The van der Waals surface area contributed by atoms with Gasteiger partial charge in [-0.3, -0.25) is 9.69 Å². The molecule has 2 N–H and O–H groups in total. The van der Waals surface area contributed by atoms with E-state index >= 15 is 0 Å². The van der Waals surface area contributed by atoms with Crippen molar-refractivity contribution in [2.75, 3.05) is 11.9 Å². The van der Waals surface area contributed by atoms with Crippen LogP contribution in [0.15, 0.2) is 36.7 Å². The Kier molecular flexibility index (Phi) is 4.28. The number of imidazole rings is 1. The molecule has 1 amide bonds. The second kappa shape index (κ2) is 6.48. The van der Waals surface area contributed by atoms with Crippen molar-refractivity contribution in [1.29, 1.82) is 0 Å². The first kappa shape index (κ1) is 17.2. The number of hydrogen-bond acceptors (Lipinski definition) is 4. The van der Waals surface area contributed by atoms with E-state index < -0.39 is 5.60 Å². The van der Waals surface area contributed by atoms with Crippen LogP contribution in [0.25, 0.3) is 0 Å². The number of nitrogens with zero attached hydrogens (tertiary/aromatic N) is 3. The molecule has 6 nitrogen and oxygen atoms in total. The van der Waals surface area contributed by atoms with Crippen molar-refractivity contribution in [2.45, 2.75) is 43.4 Å². The van der Waals surface area contributed by atoms with Gasteiger partial charge in [0.25, 0.3) is 0 Å². The molecular formula is C19H23FN4O2. The molecule has 2 aliphatic rings. The molecule has 4 rings (SSSR count). The Balaban J connectivity index is 1.44. The highest BCUT2D eigenvalue weighted by molar-refractivity contribution is 5.92. The Morgan fingerprint density at radius 2 is 2.12 bits per heavy atom. The predicted octanol–water partition coefficient (Wildman–Crippen LogP) is 2.01. The number of carbonyl (C=O) groups excluding carboxylic acids is 1. The molecule has 2 atom stereocenters. The van der Waals surface area contributed by atoms with E-state index in [-0.39, 0.29) is 30.4 Å². The number of halogens is 1. The van der Waals surface area contributed by atoms with Gasteiger partial charge in [0.1, 0.15) is 17.2 Å². The van der Waals surface area contributed by atoms with Crippen LogP contribution in [-0.4, -0.2) is 44.1 Å². The lowest BCUT2D eigenvalue weighted by Crippen LogP contribution is -2.52. The number of aliphatic hydroxyl groups is 1. The fourth-order valence-corrected chi connectivity index (χ4v) is 4.50. The summed E-state index contributed by atoms with van der Waals surface area (Å²) in [6, 6.07) is 6.19. The summed E-state index contributed by atoms with van der Waals surface area (Å²) in [5.41, 5.74) is -0.483. The van der Waals surface area contributed by atoms with Gasteiger partial charge < -0.3 is 15.0 Å². The van der Waals surface area contributed by atoms with Crippen LogP contribution in [0, 0.1) is 5.82 Å². The van der Waals surface area contributed by atoms with E-state index in [0.717, 1.165) is 12.8 Å². The number of aryl methyl sites for hydroxylation is 1. The molecule has 2 aliphatic heterocycles. The van der Waals surface area contributed by atoms with Gasteiger partial charge in [-0.1, -0.05) is 6.07 Å². The van der Waals surface area contributed by atoms with Gasteiger partial charge >= 0.3 is 0 Å². The van der Waals surface area contributed by atoms with E-state index in [1.165, 1.54) is 12.1 Å².